The molecule has 2 fully saturated rings. The van der Waals surface area contributed by atoms with E-state index < -0.39 is 0 Å². The van der Waals surface area contributed by atoms with E-state index in [0.717, 1.165) is 24.7 Å². The Hall–Kier alpha value is -1.29. The molecular weight excluding hydrogens is 399 g/mol. The van der Waals surface area contributed by atoms with Crippen molar-refractivity contribution < 1.29 is 9.59 Å². The summed E-state index contributed by atoms with van der Waals surface area (Å²) in [5.41, 5.74) is 0. The molecule has 0 bridgehead atoms. The van der Waals surface area contributed by atoms with Crippen LogP contribution in [0.1, 0.15) is 6.42 Å². The van der Waals surface area contributed by atoms with Gasteiger partial charge in [0.25, 0.3) is 0 Å². The van der Waals surface area contributed by atoms with Crippen molar-refractivity contribution >= 4 is 54.3 Å². The number of thioether (sulfide) groups is 1. The largest absolute Gasteiger partial charge is 0.354 e. The topological polar surface area (TPSA) is 90.5 Å². The number of rotatable bonds is 5. The number of hydrogen-bond donors (Lipinski definition) is 2. The van der Waals surface area contributed by atoms with Gasteiger partial charge < -0.3 is 15.1 Å². The van der Waals surface area contributed by atoms with Crippen molar-refractivity contribution in [1.82, 2.24) is 25.5 Å². The molecule has 1 aromatic rings. The van der Waals surface area contributed by atoms with Gasteiger partial charge in [-0.15, -0.1) is 36.6 Å². The van der Waals surface area contributed by atoms with E-state index in [-0.39, 0.29) is 42.7 Å². The summed E-state index contributed by atoms with van der Waals surface area (Å²) in [5.74, 6) is 2.38. The molecule has 2 aliphatic rings. The number of piperazine rings is 1. The number of aromatic nitrogens is 2. The second kappa shape index (κ2) is 11.4. The SMILES string of the molecule is Cl.Cl.O=C(NCCC(=O)N1CCN(c2ncccn2)CC1)C1CSCN1. The van der Waals surface area contributed by atoms with Crippen molar-refractivity contribution in [3.63, 3.8) is 0 Å². The molecule has 2 aliphatic heterocycles. The first-order valence-corrected chi connectivity index (χ1v) is 9.28. The molecule has 3 rings (SSSR count). The van der Waals surface area contributed by atoms with Gasteiger partial charge in [-0.3, -0.25) is 14.9 Å². The van der Waals surface area contributed by atoms with Crippen LogP contribution in [0.2, 0.25) is 0 Å². The highest BCUT2D eigenvalue weighted by molar-refractivity contribution is 7.99. The summed E-state index contributed by atoms with van der Waals surface area (Å²) in [4.78, 5) is 36.5. The molecule has 1 unspecified atom stereocenters. The third kappa shape index (κ3) is 6.15. The Morgan fingerprint density at radius 3 is 2.50 bits per heavy atom. The van der Waals surface area contributed by atoms with Crippen LogP contribution in [0.4, 0.5) is 5.95 Å². The van der Waals surface area contributed by atoms with Gasteiger partial charge in [-0.2, -0.15) is 0 Å². The summed E-state index contributed by atoms with van der Waals surface area (Å²) < 4.78 is 0. The van der Waals surface area contributed by atoms with Crippen molar-refractivity contribution in [2.24, 2.45) is 0 Å². The van der Waals surface area contributed by atoms with E-state index in [4.69, 9.17) is 0 Å². The van der Waals surface area contributed by atoms with Gasteiger partial charge in [0, 0.05) is 63.2 Å². The minimum atomic E-state index is -0.125. The van der Waals surface area contributed by atoms with Gasteiger partial charge in [0.2, 0.25) is 17.8 Å². The second-order valence-electron chi connectivity index (χ2n) is 5.73. The lowest BCUT2D eigenvalue weighted by Crippen LogP contribution is -2.50. The average Bonchev–Trinajstić information content (AvgIpc) is 3.17. The monoisotopic (exact) mass is 422 g/mol. The third-order valence-corrected chi connectivity index (χ3v) is 5.08. The van der Waals surface area contributed by atoms with Gasteiger partial charge in [0.15, 0.2) is 0 Å². The number of carbonyl (C=O) groups excluding carboxylic acids is 2. The number of nitrogens with zero attached hydrogens (tertiary/aromatic N) is 4. The zero-order valence-electron chi connectivity index (χ0n) is 14.3. The zero-order chi connectivity index (χ0) is 16.8. The van der Waals surface area contributed by atoms with E-state index in [1.807, 2.05) is 4.90 Å². The maximum absolute atomic E-state index is 12.2. The van der Waals surface area contributed by atoms with Crippen LogP contribution in [-0.2, 0) is 9.59 Å². The minimum Gasteiger partial charge on any atom is -0.354 e. The number of anilines is 1. The Balaban J connectivity index is 0.00000169. The summed E-state index contributed by atoms with van der Waals surface area (Å²) in [7, 11) is 0. The fourth-order valence-electron chi connectivity index (χ4n) is 2.75. The zero-order valence-corrected chi connectivity index (χ0v) is 16.7. The lowest BCUT2D eigenvalue weighted by atomic mass is 10.2. The Labute approximate surface area is 169 Å². The van der Waals surface area contributed by atoms with E-state index in [1.165, 1.54) is 0 Å². The van der Waals surface area contributed by atoms with Crippen LogP contribution in [0.3, 0.4) is 0 Å². The predicted octanol–water partition coefficient (Wildman–Crippen LogP) is 0.138. The molecule has 2 saturated heterocycles. The van der Waals surface area contributed by atoms with Crippen LogP contribution in [0.15, 0.2) is 18.5 Å². The van der Waals surface area contributed by atoms with Gasteiger partial charge >= 0.3 is 0 Å². The molecule has 0 saturated carbocycles. The number of hydrogen-bond acceptors (Lipinski definition) is 7. The highest BCUT2D eigenvalue weighted by atomic mass is 35.5. The standard InChI is InChI=1S/C15H22N6O2S.2ClH/c22-13(2-5-16-14(23)12-10-24-11-19-12)20-6-8-21(9-7-20)15-17-3-1-4-18-15;;/h1,3-4,12,19H,2,5-11H2,(H,16,23);2*1H. The van der Waals surface area contributed by atoms with Gasteiger partial charge in [0.05, 0.1) is 6.04 Å². The fraction of sp³-hybridized carbons (Fsp3) is 0.600. The van der Waals surface area contributed by atoms with Crippen molar-refractivity contribution in [3.05, 3.63) is 18.5 Å². The summed E-state index contributed by atoms with van der Waals surface area (Å²) >= 11 is 1.71. The Morgan fingerprint density at radius 1 is 1.19 bits per heavy atom. The summed E-state index contributed by atoms with van der Waals surface area (Å²) in [6, 6.07) is 1.66. The molecule has 11 heteroatoms. The maximum atomic E-state index is 12.2. The number of nitrogens with one attached hydrogen (secondary N) is 2. The highest BCUT2D eigenvalue weighted by Gasteiger charge is 2.24. The average molecular weight is 423 g/mol. The van der Waals surface area contributed by atoms with Crippen LogP contribution in [0.5, 0.6) is 0 Å². The molecule has 1 aromatic heterocycles. The van der Waals surface area contributed by atoms with Gasteiger partial charge in [-0.1, -0.05) is 0 Å². The molecule has 0 aromatic carbocycles. The number of halogens is 2. The smallest absolute Gasteiger partial charge is 0.238 e. The molecular formula is C15H24Cl2N6O2S. The van der Waals surface area contributed by atoms with Crippen molar-refractivity contribution in [3.8, 4) is 0 Å². The van der Waals surface area contributed by atoms with Crippen molar-refractivity contribution in [1.29, 1.82) is 0 Å². The third-order valence-electron chi connectivity index (χ3n) is 4.14. The van der Waals surface area contributed by atoms with Crippen LogP contribution in [0, 0.1) is 0 Å². The Morgan fingerprint density at radius 2 is 1.88 bits per heavy atom. The lowest BCUT2D eigenvalue weighted by Gasteiger charge is -2.34. The predicted molar refractivity (Wildman–Crippen MR) is 107 cm³/mol. The minimum absolute atomic E-state index is 0. The molecule has 8 nitrogen and oxygen atoms in total. The Bertz CT molecular complexity index is 569. The number of carbonyl (C=O) groups is 2. The fourth-order valence-corrected chi connectivity index (χ4v) is 3.69. The lowest BCUT2D eigenvalue weighted by molar-refractivity contribution is -0.131. The van der Waals surface area contributed by atoms with Gasteiger partial charge in [-0.05, 0) is 6.07 Å². The molecule has 146 valence electrons. The van der Waals surface area contributed by atoms with E-state index in [9.17, 15) is 9.59 Å². The van der Waals surface area contributed by atoms with Crippen LogP contribution in [-0.4, -0.2) is 77.1 Å². The second-order valence-corrected chi connectivity index (χ2v) is 6.76. The molecule has 3 heterocycles. The van der Waals surface area contributed by atoms with E-state index >= 15 is 0 Å². The highest BCUT2D eigenvalue weighted by Crippen LogP contribution is 2.11. The summed E-state index contributed by atoms with van der Waals surface area (Å²) in [6.45, 7) is 3.16. The molecule has 0 radical (unpaired) electrons. The molecule has 1 atom stereocenters. The van der Waals surface area contributed by atoms with Crippen LogP contribution in [0.25, 0.3) is 0 Å². The summed E-state index contributed by atoms with van der Waals surface area (Å²) in [6.07, 6.45) is 3.79. The molecule has 0 aliphatic carbocycles. The quantitative estimate of drug-likeness (QED) is 0.696. The molecule has 26 heavy (non-hydrogen) atoms. The van der Waals surface area contributed by atoms with E-state index in [2.05, 4.69) is 25.5 Å². The molecule has 2 amide bonds. The number of amides is 2. The van der Waals surface area contributed by atoms with Gasteiger partial charge in [-0.25, -0.2) is 9.97 Å². The first kappa shape index (κ1) is 22.8. The van der Waals surface area contributed by atoms with Gasteiger partial charge in [0.1, 0.15) is 0 Å². The van der Waals surface area contributed by atoms with Crippen LogP contribution >= 0.6 is 36.6 Å². The van der Waals surface area contributed by atoms with E-state index in [1.54, 1.807) is 30.2 Å². The Kier molecular flexibility index (Phi) is 10.0. The molecule has 2 N–H and O–H groups in total. The van der Waals surface area contributed by atoms with Crippen molar-refractivity contribution in [2.45, 2.75) is 12.5 Å². The summed E-state index contributed by atoms with van der Waals surface area (Å²) in [5, 5.41) is 5.95. The first-order valence-electron chi connectivity index (χ1n) is 8.12. The van der Waals surface area contributed by atoms with Crippen molar-refractivity contribution in [2.75, 3.05) is 49.3 Å². The first-order chi connectivity index (χ1) is 11.7. The molecule has 0 spiro atoms. The maximum Gasteiger partial charge on any atom is 0.238 e. The normalized spacial score (nSPS) is 19.3. The van der Waals surface area contributed by atoms with Crippen LogP contribution < -0.4 is 15.5 Å². The van der Waals surface area contributed by atoms with E-state index in [0.29, 0.717) is 32.0 Å².